The molecule has 0 atom stereocenters. The first-order chi connectivity index (χ1) is 9.09. The molecule has 19 heavy (non-hydrogen) atoms. The molecule has 0 saturated heterocycles. The number of aromatic nitrogens is 2. The Hall–Kier alpha value is -1.12. The molecule has 106 valence electrons. The summed E-state index contributed by atoms with van der Waals surface area (Å²) in [5, 5.41) is 4.59. The molecule has 1 aliphatic rings. The van der Waals surface area contributed by atoms with Crippen molar-refractivity contribution >= 4 is 5.78 Å². The number of ketones is 1. The smallest absolute Gasteiger partial charge is 0.144 e. The van der Waals surface area contributed by atoms with E-state index in [9.17, 15) is 4.79 Å². The van der Waals surface area contributed by atoms with Crippen LogP contribution in [0.4, 0.5) is 0 Å². The summed E-state index contributed by atoms with van der Waals surface area (Å²) in [6, 6.07) is 2.47. The summed E-state index contributed by atoms with van der Waals surface area (Å²) < 4.78 is 2.03. The molecule has 0 N–H and O–H groups in total. The molecular formula is C16H26N2O. The van der Waals surface area contributed by atoms with Crippen LogP contribution in [0, 0.1) is 5.41 Å². The number of carbonyl (C=O) groups is 1. The fourth-order valence-electron chi connectivity index (χ4n) is 3.15. The van der Waals surface area contributed by atoms with Crippen molar-refractivity contribution in [2.45, 2.75) is 71.8 Å². The normalized spacial score (nSPS) is 18.1. The molecule has 0 unspecified atom stereocenters. The summed E-state index contributed by atoms with van der Waals surface area (Å²) in [4.78, 5) is 12.4. The van der Waals surface area contributed by atoms with Gasteiger partial charge in [-0.15, -0.1) is 0 Å². The monoisotopic (exact) mass is 262 g/mol. The average molecular weight is 262 g/mol. The highest BCUT2D eigenvalue weighted by Gasteiger charge is 2.35. The lowest BCUT2D eigenvalue weighted by Crippen LogP contribution is -2.26. The summed E-state index contributed by atoms with van der Waals surface area (Å²) in [6.45, 7) is 6.49. The molecule has 0 spiro atoms. The van der Waals surface area contributed by atoms with Crippen LogP contribution in [0.3, 0.4) is 0 Å². The second-order valence-corrected chi connectivity index (χ2v) is 6.13. The van der Waals surface area contributed by atoms with Gasteiger partial charge < -0.3 is 0 Å². The predicted octanol–water partition coefficient (Wildman–Crippen LogP) is 3.94. The van der Waals surface area contributed by atoms with Gasteiger partial charge in [0, 0.05) is 11.6 Å². The van der Waals surface area contributed by atoms with Crippen molar-refractivity contribution in [1.29, 1.82) is 0 Å². The Morgan fingerprint density at radius 3 is 2.58 bits per heavy atom. The maximum atomic E-state index is 12.4. The van der Waals surface area contributed by atoms with Gasteiger partial charge in [0.15, 0.2) is 0 Å². The first kappa shape index (κ1) is 14.3. The SMILES string of the molecule is CCC(CC)n1ccc(CC(=O)C2(C)CCCC2)n1. The van der Waals surface area contributed by atoms with Crippen LogP contribution in [-0.4, -0.2) is 15.6 Å². The highest BCUT2D eigenvalue weighted by Crippen LogP contribution is 2.39. The van der Waals surface area contributed by atoms with E-state index in [0.717, 1.165) is 31.4 Å². The number of hydrogen-bond donors (Lipinski definition) is 0. The van der Waals surface area contributed by atoms with E-state index in [1.165, 1.54) is 12.8 Å². The summed E-state index contributed by atoms with van der Waals surface area (Å²) in [7, 11) is 0. The molecular weight excluding hydrogens is 236 g/mol. The van der Waals surface area contributed by atoms with Crippen molar-refractivity contribution in [3.8, 4) is 0 Å². The van der Waals surface area contributed by atoms with Crippen molar-refractivity contribution < 1.29 is 4.79 Å². The van der Waals surface area contributed by atoms with Crippen molar-refractivity contribution in [3.63, 3.8) is 0 Å². The molecule has 2 rings (SSSR count). The lowest BCUT2D eigenvalue weighted by atomic mass is 9.82. The van der Waals surface area contributed by atoms with Crippen molar-refractivity contribution in [2.75, 3.05) is 0 Å². The topological polar surface area (TPSA) is 34.9 Å². The van der Waals surface area contributed by atoms with E-state index in [2.05, 4.69) is 25.9 Å². The molecule has 1 heterocycles. The van der Waals surface area contributed by atoms with E-state index in [4.69, 9.17) is 0 Å². The zero-order valence-corrected chi connectivity index (χ0v) is 12.5. The lowest BCUT2D eigenvalue weighted by molar-refractivity contribution is -0.127. The third-order valence-corrected chi connectivity index (χ3v) is 4.70. The summed E-state index contributed by atoms with van der Waals surface area (Å²) >= 11 is 0. The summed E-state index contributed by atoms with van der Waals surface area (Å²) in [5.74, 6) is 0.375. The standard InChI is InChI=1S/C16H26N2O/c1-4-14(5-2)18-11-8-13(17-18)12-15(19)16(3)9-6-7-10-16/h8,11,14H,4-7,9-10,12H2,1-3H3. The number of Topliss-reactive ketones (excluding diaryl/α,β-unsaturated/α-hetero) is 1. The Kier molecular flexibility index (Phi) is 4.43. The van der Waals surface area contributed by atoms with Gasteiger partial charge in [-0.25, -0.2) is 0 Å². The number of rotatable bonds is 6. The van der Waals surface area contributed by atoms with Crippen LogP contribution in [0.2, 0.25) is 0 Å². The fourth-order valence-corrected chi connectivity index (χ4v) is 3.15. The third kappa shape index (κ3) is 3.07. The number of hydrogen-bond acceptors (Lipinski definition) is 2. The first-order valence-corrected chi connectivity index (χ1v) is 7.66. The molecule has 0 aromatic carbocycles. The molecule has 3 nitrogen and oxygen atoms in total. The zero-order chi connectivity index (χ0) is 13.9. The Balaban J connectivity index is 2.01. The number of carbonyl (C=O) groups excluding carboxylic acids is 1. The maximum absolute atomic E-state index is 12.4. The molecule has 1 fully saturated rings. The molecule has 1 aliphatic carbocycles. The molecule has 0 bridgehead atoms. The van der Waals surface area contributed by atoms with E-state index in [0.29, 0.717) is 18.2 Å². The highest BCUT2D eigenvalue weighted by atomic mass is 16.1. The molecule has 1 aromatic rings. The predicted molar refractivity (Wildman–Crippen MR) is 77.1 cm³/mol. The van der Waals surface area contributed by atoms with Gasteiger partial charge in [-0.3, -0.25) is 9.48 Å². The van der Waals surface area contributed by atoms with Gasteiger partial charge in [-0.1, -0.05) is 33.6 Å². The van der Waals surface area contributed by atoms with Crippen LogP contribution in [0.25, 0.3) is 0 Å². The number of nitrogens with zero attached hydrogens (tertiary/aromatic N) is 2. The minimum atomic E-state index is -0.0846. The van der Waals surface area contributed by atoms with Gasteiger partial charge in [-0.2, -0.15) is 5.10 Å². The molecule has 0 radical (unpaired) electrons. The van der Waals surface area contributed by atoms with E-state index < -0.39 is 0 Å². The third-order valence-electron chi connectivity index (χ3n) is 4.70. The molecule has 1 aromatic heterocycles. The minimum absolute atomic E-state index is 0.0846. The van der Waals surface area contributed by atoms with Gasteiger partial charge in [0.25, 0.3) is 0 Å². The summed E-state index contributed by atoms with van der Waals surface area (Å²) in [6.07, 6.45) is 9.21. The van der Waals surface area contributed by atoms with Crippen LogP contribution >= 0.6 is 0 Å². The van der Waals surface area contributed by atoms with Gasteiger partial charge >= 0.3 is 0 Å². The van der Waals surface area contributed by atoms with E-state index in [-0.39, 0.29) is 5.41 Å². The van der Waals surface area contributed by atoms with Gasteiger partial charge in [-0.05, 0) is 31.7 Å². The Bertz CT molecular complexity index is 426. The Labute approximate surface area is 116 Å². The maximum Gasteiger partial charge on any atom is 0.144 e. The van der Waals surface area contributed by atoms with E-state index >= 15 is 0 Å². The Morgan fingerprint density at radius 1 is 1.37 bits per heavy atom. The largest absolute Gasteiger partial charge is 0.299 e. The molecule has 3 heteroatoms. The molecule has 0 aliphatic heterocycles. The first-order valence-electron chi connectivity index (χ1n) is 7.66. The average Bonchev–Trinajstić information content (AvgIpc) is 3.02. The van der Waals surface area contributed by atoms with Crippen LogP contribution in [0.15, 0.2) is 12.3 Å². The molecule has 1 saturated carbocycles. The Morgan fingerprint density at radius 2 is 2.00 bits per heavy atom. The quantitative estimate of drug-likeness (QED) is 0.778. The van der Waals surface area contributed by atoms with Crippen molar-refractivity contribution in [1.82, 2.24) is 9.78 Å². The van der Waals surface area contributed by atoms with Gasteiger partial charge in [0.05, 0.1) is 18.2 Å². The minimum Gasteiger partial charge on any atom is -0.299 e. The zero-order valence-electron chi connectivity index (χ0n) is 12.5. The van der Waals surface area contributed by atoms with E-state index in [1.807, 2.05) is 16.9 Å². The fraction of sp³-hybridized carbons (Fsp3) is 0.750. The molecule has 0 amide bonds. The lowest BCUT2D eigenvalue weighted by Gasteiger charge is -2.21. The van der Waals surface area contributed by atoms with Crippen molar-refractivity contribution in [2.24, 2.45) is 5.41 Å². The second-order valence-electron chi connectivity index (χ2n) is 6.13. The summed E-state index contributed by atoms with van der Waals surface area (Å²) in [5.41, 5.74) is 0.851. The van der Waals surface area contributed by atoms with Gasteiger partial charge in [0.1, 0.15) is 5.78 Å². The van der Waals surface area contributed by atoms with E-state index in [1.54, 1.807) is 0 Å². The van der Waals surface area contributed by atoms with Crippen LogP contribution in [-0.2, 0) is 11.2 Å². The van der Waals surface area contributed by atoms with Gasteiger partial charge in [0.2, 0.25) is 0 Å². The van der Waals surface area contributed by atoms with Crippen LogP contribution in [0.1, 0.15) is 71.0 Å². The van der Waals surface area contributed by atoms with Crippen LogP contribution in [0.5, 0.6) is 0 Å². The second kappa shape index (κ2) is 5.89. The highest BCUT2D eigenvalue weighted by molar-refractivity contribution is 5.86. The van der Waals surface area contributed by atoms with Crippen molar-refractivity contribution in [3.05, 3.63) is 18.0 Å². The van der Waals surface area contributed by atoms with Crippen LogP contribution < -0.4 is 0 Å².